The van der Waals surface area contributed by atoms with Gasteiger partial charge in [-0.1, -0.05) is 41.5 Å². The van der Waals surface area contributed by atoms with Crippen molar-refractivity contribution in [3.05, 3.63) is 0 Å². The first-order chi connectivity index (χ1) is 11.6. The Labute approximate surface area is 156 Å². The molecule has 2 saturated heterocycles. The van der Waals surface area contributed by atoms with Gasteiger partial charge in [0, 0.05) is 12.8 Å². The van der Waals surface area contributed by atoms with Gasteiger partial charge in [0.15, 0.2) is 10.8 Å². The summed E-state index contributed by atoms with van der Waals surface area (Å²) in [5, 5.41) is 17.7. The van der Waals surface area contributed by atoms with Crippen molar-refractivity contribution in [1.82, 2.24) is 0 Å². The molecule has 2 aliphatic rings. The quantitative estimate of drug-likeness (QED) is 0.608. The van der Waals surface area contributed by atoms with Gasteiger partial charge in [0.2, 0.25) is 0 Å². The van der Waals surface area contributed by atoms with Crippen LogP contribution in [0.25, 0.3) is 0 Å². The number of hydrogen-bond acceptors (Lipinski definition) is 6. The third-order valence-electron chi connectivity index (χ3n) is 5.01. The fourth-order valence-electron chi connectivity index (χ4n) is 2.66. The molecule has 0 N–H and O–H groups in total. The molecular formula is C20H30N2O4. The van der Waals surface area contributed by atoms with Crippen LogP contribution in [0.5, 0.6) is 0 Å². The van der Waals surface area contributed by atoms with Crippen LogP contribution in [0, 0.1) is 44.3 Å². The lowest BCUT2D eigenvalue weighted by molar-refractivity contribution is -0.150. The minimum absolute atomic E-state index is 0.0791. The Balaban J connectivity index is 0.000000260. The Morgan fingerprint density at radius 2 is 1.08 bits per heavy atom. The molecule has 2 rings (SSSR count). The molecular weight excluding hydrogens is 332 g/mol. The third kappa shape index (κ3) is 4.55. The lowest BCUT2D eigenvalue weighted by Gasteiger charge is -2.25. The standard InChI is InChI=1S/2C10H15NO2/c2*1-9(2,3)7-5-10(4,6-11)8(12)13-7/h2*7H,5H2,1-4H3/t2*7-,10-/m10/s1. The van der Waals surface area contributed by atoms with Crippen molar-refractivity contribution in [2.24, 2.45) is 21.7 Å². The molecule has 26 heavy (non-hydrogen) atoms. The van der Waals surface area contributed by atoms with E-state index >= 15 is 0 Å². The number of cyclic esters (lactones) is 2. The lowest BCUT2D eigenvalue weighted by atomic mass is 9.80. The number of nitriles is 2. The number of rotatable bonds is 0. The van der Waals surface area contributed by atoms with Gasteiger partial charge in [0.25, 0.3) is 0 Å². The van der Waals surface area contributed by atoms with Crippen LogP contribution in [0.15, 0.2) is 0 Å². The maximum Gasteiger partial charge on any atom is 0.326 e. The highest BCUT2D eigenvalue weighted by molar-refractivity contribution is 5.82. The summed E-state index contributed by atoms with van der Waals surface area (Å²) in [5.74, 6) is -0.759. The number of hydrogen-bond donors (Lipinski definition) is 0. The average molecular weight is 362 g/mol. The van der Waals surface area contributed by atoms with Crippen LogP contribution in [0.1, 0.15) is 68.2 Å². The molecule has 0 aliphatic carbocycles. The summed E-state index contributed by atoms with van der Waals surface area (Å²) in [6.45, 7) is 15.3. The summed E-state index contributed by atoms with van der Waals surface area (Å²) in [4.78, 5) is 22.7. The normalized spacial score (nSPS) is 34.1. The molecule has 2 fully saturated rings. The van der Waals surface area contributed by atoms with E-state index in [1.807, 2.05) is 53.7 Å². The Hall–Kier alpha value is -2.08. The third-order valence-corrected chi connectivity index (χ3v) is 5.01. The second kappa shape index (κ2) is 6.91. The molecule has 0 unspecified atom stereocenters. The summed E-state index contributed by atoms with van der Waals surface area (Å²) in [6.07, 6.45) is 0.742. The molecule has 0 aromatic rings. The largest absolute Gasteiger partial charge is 0.461 e. The first kappa shape index (κ1) is 22.0. The van der Waals surface area contributed by atoms with Crippen LogP contribution in [0.3, 0.4) is 0 Å². The van der Waals surface area contributed by atoms with E-state index in [4.69, 9.17) is 20.0 Å². The van der Waals surface area contributed by atoms with Crippen LogP contribution in [-0.4, -0.2) is 24.1 Å². The van der Waals surface area contributed by atoms with Gasteiger partial charge in [-0.05, 0) is 24.7 Å². The number of ether oxygens (including phenoxy) is 2. The molecule has 0 aromatic heterocycles. The smallest absolute Gasteiger partial charge is 0.326 e. The summed E-state index contributed by atoms with van der Waals surface area (Å²) in [7, 11) is 0. The minimum atomic E-state index is -0.933. The van der Waals surface area contributed by atoms with Crippen molar-refractivity contribution in [3.8, 4) is 12.1 Å². The SMILES string of the molecule is CC(C)(C)[C@@H]1C[C@@](C)(C#N)C(=O)O1.CC(C)(C)[C@H]1C[C@](C)(C#N)C(=O)O1. The number of nitrogens with zero attached hydrogens (tertiary/aromatic N) is 2. The Morgan fingerprint density at radius 1 is 0.808 bits per heavy atom. The van der Waals surface area contributed by atoms with E-state index in [-0.39, 0.29) is 35.0 Å². The van der Waals surface area contributed by atoms with Gasteiger partial charge in [-0.25, -0.2) is 0 Å². The summed E-state index contributed by atoms with van der Waals surface area (Å²) in [5.41, 5.74) is -2.02. The molecule has 2 aliphatic heterocycles. The molecule has 6 heteroatoms. The van der Waals surface area contributed by atoms with Crippen molar-refractivity contribution < 1.29 is 19.1 Å². The maximum atomic E-state index is 11.3. The number of carbonyl (C=O) groups excluding carboxylic acids is 2. The molecule has 0 bridgehead atoms. The van der Waals surface area contributed by atoms with Gasteiger partial charge >= 0.3 is 11.9 Å². The van der Waals surface area contributed by atoms with Gasteiger partial charge in [0.1, 0.15) is 12.2 Å². The van der Waals surface area contributed by atoms with E-state index in [0.29, 0.717) is 12.8 Å². The zero-order valence-corrected chi connectivity index (χ0v) is 17.1. The van der Waals surface area contributed by atoms with Crippen molar-refractivity contribution >= 4 is 11.9 Å². The maximum absolute atomic E-state index is 11.3. The van der Waals surface area contributed by atoms with E-state index in [1.165, 1.54) is 0 Å². The van der Waals surface area contributed by atoms with Gasteiger partial charge in [-0.2, -0.15) is 10.5 Å². The zero-order chi connectivity index (χ0) is 20.6. The summed E-state index contributed by atoms with van der Waals surface area (Å²) in [6, 6.07) is 4.04. The Kier molecular flexibility index (Phi) is 5.84. The van der Waals surface area contributed by atoms with Crippen LogP contribution in [-0.2, 0) is 19.1 Å². The van der Waals surface area contributed by atoms with Crippen LogP contribution in [0.2, 0.25) is 0 Å². The van der Waals surface area contributed by atoms with Crippen molar-refractivity contribution in [1.29, 1.82) is 10.5 Å². The Bertz CT molecular complexity index is 601. The molecule has 0 radical (unpaired) electrons. The molecule has 0 aromatic carbocycles. The van der Waals surface area contributed by atoms with Gasteiger partial charge in [-0.15, -0.1) is 0 Å². The van der Waals surface area contributed by atoms with Crippen LogP contribution >= 0.6 is 0 Å². The van der Waals surface area contributed by atoms with E-state index in [1.54, 1.807) is 13.8 Å². The summed E-state index contributed by atoms with van der Waals surface area (Å²) >= 11 is 0. The number of esters is 2. The molecule has 0 saturated carbocycles. The van der Waals surface area contributed by atoms with Crippen molar-refractivity contribution in [3.63, 3.8) is 0 Å². The lowest BCUT2D eigenvalue weighted by Crippen LogP contribution is -2.26. The van der Waals surface area contributed by atoms with Crippen LogP contribution in [0.4, 0.5) is 0 Å². The second-order valence-electron chi connectivity index (χ2n) is 9.82. The average Bonchev–Trinajstić information content (AvgIpc) is 2.98. The highest BCUT2D eigenvalue weighted by Crippen LogP contribution is 2.41. The fourth-order valence-corrected chi connectivity index (χ4v) is 2.66. The van der Waals surface area contributed by atoms with Gasteiger partial charge < -0.3 is 9.47 Å². The summed E-state index contributed by atoms with van der Waals surface area (Å²) < 4.78 is 10.3. The molecule has 0 spiro atoms. The first-order valence-corrected chi connectivity index (χ1v) is 8.84. The predicted octanol–water partition coefficient (Wildman–Crippen LogP) is 3.76. The van der Waals surface area contributed by atoms with E-state index in [0.717, 1.165) is 0 Å². The van der Waals surface area contributed by atoms with Gasteiger partial charge in [-0.3, -0.25) is 9.59 Å². The monoisotopic (exact) mass is 362 g/mol. The Morgan fingerprint density at radius 3 is 1.19 bits per heavy atom. The van der Waals surface area contributed by atoms with E-state index < -0.39 is 10.8 Å². The van der Waals surface area contributed by atoms with E-state index in [9.17, 15) is 9.59 Å². The predicted molar refractivity (Wildman–Crippen MR) is 95.3 cm³/mol. The molecule has 0 amide bonds. The first-order valence-electron chi connectivity index (χ1n) is 8.84. The van der Waals surface area contributed by atoms with Crippen molar-refractivity contribution in [2.45, 2.75) is 80.4 Å². The van der Waals surface area contributed by atoms with Gasteiger partial charge in [0.05, 0.1) is 12.1 Å². The molecule has 2 heterocycles. The van der Waals surface area contributed by atoms with Crippen molar-refractivity contribution in [2.75, 3.05) is 0 Å². The second-order valence-corrected chi connectivity index (χ2v) is 9.82. The molecule has 6 nitrogen and oxygen atoms in total. The molecule has 4 atom stereocenters. The van der Waals surface area contributed by atoms with Crippen LogP contribution < -0.4 is 0 Å². The number of carbonyl (C=O) groups is 2. The minimum Gasteiger partial charge on any atom is -0.461 e. The topological polar surface area (TPSA) is 100 Å². The fraction of sp³-hybridized carbons (Fsp3) is 0.800. The van der Waals surface area contributed by atoms with E-state index in [2.05, 4.69) is 0 Å². The molecule has 144 valence electrons. The zero-order valence-electron chi connectivity index (χ0n) is 17.1. The highest BCUT2D eigenvalue weighted by atomic mass is 16.6. The highest BCUT2D eigenvalue weighted by Gasteiger charge is 2.50.